The molecule has 0 saturated carbocycles. The molecule has 8 heteroatoms. The number of allylic oxidation sites excluding steroid dienone is 6. The Morgan fingerprint density at radius 2 is 1.43 bits per heavy atom. The molecule has 0 aliphatic rings. The first-order valence-electron chi connectivity index (χ1n) is 15.0. The Balaban J connectivity index is 4.65. The Bertz CT molecular complexity index is 768. The van der Waals surface area contributed by atoms with Gasteiger partial charge in [-0.2, -0.15) is 0 Å². The number of quaternary nitrogens is 1. The highest BCUT2D eigenvalue weighted by Gasteiger charge is 2.25. The maximum absolute atomic E-state index is 12.4. The molecule has 0 rings (SSSR count). The zero-order valence-corrected chi connectivity index (χ0v) is 25.7. The number of ether oxygens (including phenoxy) is 3. The second kappa shape index (κ2) is 24.4. The second-order valence-corrected chi connectivity index (χ2v) is 10.9. The summed E-state index contributed by atoms with van der Waals surface area (Å²) in [5, 5.41) is 11.5. The molecule has 0 aromatic rings. The first-order valence-corrected chi connectivity index (χ1v) is 15.0. The van der Waals surface area contributed by atoms with Crippen molar-refractivity contribution in [3.05, 3.63) is 36.5 Å². The van der Waals surface area contributed by atoms with E-state index in [1.807, 2.05) is 6.08 Å². The van der Waals surface area contributed by atoms with Gasteiger partial charge in [0.2, 0.25) is 0 Å². The van der Waals surface area contributed by atoms with E-state index >= 15 is 0 Å². The lowest BCUT2D eigenvalue weighted by Crippen LogP contribution is -2.55. The fraction of sp³-hybridized carbons (Fsp3) is 0.719. The molecule has 230 valence electrons. The molecule has 0 N–H and O–H groups in total. The normalized spacial score (nSPS) is 13.7. The van der Waals surface area contributed by atoms with E-state index in [4.69, 9.17) is 14.2 Å². The smallest absolute Gasteiger partial charge is 0.306 e. The molecule has 0 radical (unpaired) electrons. The summed E-state index contributed by atoms with van der Waals surface area (Å²) in [5.74, 6) is -1.87. The van der Waals surface area contributed by atoms with E-state index in [1.165, 1.54) is 12.8 Å². The van der Waals surface area contributed by atoms with E-state index in [0.29, 0.717) is 12.8 Å². The molecule has 0 aromatic carbocycles. The minimum atomic E-state index is -1.14. The predicted molar refractivity (Wildman–Crippen MR) is 157 cm³/mol. The van der Waals surface area contributed by atoms with Gasteiger partial charge in [-0.05, 0) is 51.4 Å². The Kier molecular flexibility index (Phi) is 22.9. The van der Waals surface area contributed by atoms with Crippen molar-refractivity contribution in [3.8, 4) is 0 Å². The number of esters is 2. The van der Waals surface area contributed by atoms with Crippen molar-refractivity contribution in [3.63, 3.8) is 0 Å². The van der Waals surface area contributed by atoms with Crippen LogP contribution in [0.4, 0.5) is 0 Å². The zero-order valence-electron chi connectivity index (χ0n) is 25.7. The van der Waals surface area contributed by atoms with Crippen LogP contribution in [0.5, 0.6) is 0 Å². The minimum Gasteiger partial charge on any atom is -0.544 e. The Morgan fingerprint density at radius 3 is 2.08 bits per heavy atom. The fourth-order valence-corrected chi connectivity index (χ4v) is 3.89. The summed E-state index contributed by atoms with van der Waals surface area (Å²) in [6.45, 7) is 4.34. The van der Waals surface area contributed by atoms with Gasteiger partial charge in [-0.3, -0.25) is 9.59 Å². The summed E-state index contributed by atoms with van der Waals surface area (Å²) in [7, 11) is 5.35. The van der Waals surface area contributed by atoms with Crippen molar-refractivity contribution in [2.75, 3.05) is 41.0 Å². The molecule has 2 unspecified atom stereocenters. The number of aliphatic carboxylic acids is 1. The van der Waals surface area contributed by atoms with Gasteiger partial charge < -0.3 is 28.6 Å². The highest BCUT2D eigenvalue weighted by Crippen LogP contribution is 2.10. The van der Waals surface area contributed by atoms with Crippen LogP contribution in [-0.4, -0.2) is 75.5 Å². The molecule has 0 aromatic heterocycles. The third-order valence-corrected chi connectivity index (χ3v) is 6.27. The van der Waals surface area contributed by atoms with Crippen molar-refractivity contribution in [2.45, 2.75) is 109 Å². The van der Waals surface area contributed by atoms with Crippen LogP contribution in [0.2, 0.25) is 0 Å². The third kappa shape index (κ3) is 22.4. The molecule has 0 amide bonds. The van der Waals surface area contributed by atoms with Gasteiger partial charge in [0.15, 0.2) is 6.10 Å². The number of likely N-dealkylation sites (N-methyl/N-ethyl adjacent to an activating group) is 1. The molecule has 0 heterocycles. The van der Waals surface area contributed by atoms with E-state index in [1.54, 1.807) is 21.1 Å². The van der Waals surface area contributed by atoms with Crippen molar-refractivity contribution >= 4 is 17.9 Å². The van der Waals surface area contributed by atoms with Crippen LogP contribution in [0.3, 0.4) is 0 Å². The molecule has 8 nitrogen and oxygen atoms in total. The van der Waals surface area contributed by atoms with Crippen LogP contribution in [0.15, 0.2) is 36.5 Å². The molecule has 0 saturated heterocycles. The summed E-state index contributed by atoms with van der Waals surface area (Å²) in [6, 6.07) is -0.731. The molecule has 0 bridgehead atoms. The van der Waals surface area contributed by atoms with Crippen LogP contribution >= 0.6 is 0 Å². The van der Waals surface area contributed by atoms with Crippen molar-refractivity contribution in [1.82, 2.24) is 0 Å². The minimum absolute atomic E-state index is 0.0152. The van der Waals surface area contributed by atoms with Crippen molar-refractivity contribution in [2.24, 2.45) is 0 Å². The number of carboxylic acids is 1. The summed E-state index contributed by atoms with van der Waals surface area (Å²) in [4.78, 5) is 36.1. The molecule has 2 atom stereocenters. The Hall–Kier alpha value is -2.45. The van der Waals surface area contributed by atoms with Gasteiger partial charge in [0, 0.05) is 19.3 Å². The van der Waals surface area contributed by atoms with Crippen LogP contribution in [0, 0.1) is 0 Å². The largest absolute Gasteiger partial charge is 0.544 e. The lowest BCUT2D eigenvalue weighted by atomic mass is 10.1. The van der Waals surface area contributed by atoms with Gasteiger partial charge in [-0.15, -0.1) is 0 Å². The lowest BCUT2D eigenvalue weighted by molar-refractivity contribution is -0.889. The number of hydrogen-bond acceptors (Lipinski definition) is 7. The number of carbonyl (C=O) groups excluding carboxylic acids is 3. The monoisotopic (exact) mass is 565 g/mol. The number of carbonyl (C=O) groups is 3. The van der Waals surface area contributed by atoms with Gasteiger partial charge in [0.25, 0.3) is 0 Å². The van der Waals surface area contributed by atoms with Gasteiger partial charge in [0.1, 0.15) is 12.6 Å². The highest BCUT2D eigenvalue weighted by molar-refractivity contribution is 5.70. The first kappa shape index (κ1) is 37.6. The van der Waals surface area contributed by atoms with Crippen molar-refractivity contribution < 1.29 is 38.2 Å². The number of nitrogens with zero attached hydrogens (tertiary/aromatic N) is 1. The van der Waals surface area contributed by atoms with Crippen LogP contribution in [0.1, 0.15) is 97.3 Å². The third-order valence-electron chi connectivity index (χ3n) is 6.27. The van der Waals surface area contributed by atoms with E-state index in [9.17, 15) is 19.5 Å². The van der Waals surface area contributed by atoms with Gasteiger partial charge >= 0.3 is 11.9 Å². The predicted octanol–water partition coefficient (Wildman–Crippen LogP) is 5.06. The highest BCUT2D eigenvalue weighted by atomic mass is 16.6. The maximum Gasteiger partial charge on any atom is 0.306 e. The molecule has 40 heavy (non-hydrogen) atoms. The van der Waals surface area contributed by atoms with Crippen molar-refractivity contribution in [1.29, 1.82) is 0 Å². The first-order chi connectivity index (χ1) is 19.1. The average Bonchev–Trinajstić information content (AvgIpc) is 2.89. The molecular formula is C32H55NO7. The number of rotatable bonds is 25. The average molecular weight is 566 g/mol. The van der Waals surface area contributed by atoms with E-state index in [2.05, 4.69) is 44.2 Å². The number of unbranched alkanes of at least 4 members (excludes halogenated alkanes) is 5. The van der Waals surface area contributed by atoms with Gasteiger partial charge in [-0.1, -0.05) is 63.1 Å². The summed E-state index contributed by atoms with van der Waals surface area (Å²) < 4.78 is 16.8. The quantitative estimate of drug-likeness (QED) is 0.0660. The van der Waals surface area contributed by atoms with Crippen LogP contribution < -0.4 is 5.11 Å². The van der Waals surface area contributed by atoms with E-state index in [-0.39, 0.29) is 55.5 Å². The van der Waals surface area contributed by atoms with Crippen LogP contribution in [-0.2, 0) is 28.6 Å². The summed E-state index contributed by atoms with van der Waals surface area (Å²) in [5.41, 5.74) is 0. The summed E-state index contributed by atoms with van der Waals surface area (Å²) >= 11 is 0. The van der Waals surface area contributed by atoms with Gasteiger partial charge in [0.05, 0.1) is 40.3 Å². The number of hydrogen-bond donors (Lipinski definition) is 0. The van der Waals surface area contributed by atoms with E-state index in [0.717, 1.165) is 38.5 Å². The SMILES string of the molecule is CC/C=C/C/C=C/CCCCC(=O)OC(COCCC(C(=O)[O-])[N+](C)(C)C)COC(=O)CC/C=C/CCCCC. The molecule has 0 aliphatic heterocycles. The van der Waals surface area contributed by atoms with Crippen LogP contribution in [0.25, 0.3) is 0 Å². The second-order valence-electron chi connectivity index (χ2n) is 10.9. The fourth-order valence-electron chi connectivity index (χ4n) is 3.89. The molecule has 0 fully saturated rings. The lowest BCUT2D eigenvalue weighted by Gasteiger charge is -2.34. The Labute approximate surface area is 243 Å². The number of carboxylic acid groups (broad SMARTS) is 1. The zero-order chi connectivity index (χ0) is 30.1. The summed E-state index contributed by atoms with van der Waals surface area (Å²) in [6.07, 6.45) is 22.2. The standard InChI is InChI=1S/C32H55NO7/c1-6-8-10-12-14-15-17-19-21-23-31(35)40-28(26-38-25-24-29(32(36)37)33(3,4)5)27-39-30(34)22-20-18-16-13-11-9-7-2/h8,10,14-16,18,28-29H,6-7,9,11-13,17,19-27H2,1-5H3/b10-8+,15-14+,18-16+. The Morgan fingerprint density at radius 1 is 0.775 bits per heavy atom. The molecular weight excluding hydrogens is 510 g/mol. The van der Waals surface area contributed by atoms with Gasteiger partial charge in [-0.25, -0.2) is 0 Å². The van der Waals surface area contributed by atoms with E-state index < -0.39 is 18.1 Å². The molecule has 0 spiro atoms. The topological polar surface area (TPSA) is 102 Å². The maximum atomic E-state index is 12.4. The molecule has 0 aliphatic carbocycles.